The van der Waals surface area contributed by atoms with Crippen molar-refractivity contribution >= 4 is 21.6 Å². The number of nitrogens with one attached hydrogen (secondary N) is 2. The van der Waals surface area contributed by atoms with Crippen LogP contribution < -0.4 is 14.8 Å². The SMILES string of the molecule is CC(C)Oc1ccc(CNC(=O)c2ccc(NS(=O)(=O)c3ccc(F)c(F)c3)cc2)cc1. The Morgan fingerprint density at radius 3 is 2.19 bits per heavy atom. The fourth-order valence-corrected chi connectivity index (χ4v) is 3.86. The number of hydrogen-bond acceptors (Lipinski definition) is 4. The van der Waals surface area contributed by atoms with Crippen LogP contribution in [0.5, 0.6) is 5.75 Å². The van der Waals surface area contributed by atoms with E-state index in [1.807, 2.05) is 38.1 Å². The minimum absolute atomic E-state index is 0.0739. The molecule has 0 radical (unpaired) electrons. The fraction of sp³-hybridized carbons (Fsp3) is 0.174. The number of rotatable bonds is 8. The summed E-state index contributed by atoms with van der Waals surface area (Å²) in [5.74, 6) is -1.99. The predicted octanol–water partition coefficient (Wildman–Crippen LogP) is 4.48. The highest BCUT2D eigenvalue weighted by atomic mass is 32.2. The molecule has 9 heteroatoms. The third-order valence-electron chi connectivity index (χ3n) is 4.35. The van der Waals surface area contributed by atoms with E-state index < -0.39 is 26.6 Å². The Morgan fingerprint density at radius 2 is 1.59 bits per heavy atom. The minimum Gasteiger partial charge on any atom is -0.491 e. The zero-order valence-corrected chi connectivity index (χ0v) is 18.2. The van der Waals surface area contributed by atoms with Gasteiger partial charge in [-0.15, -0.1) is 0 Å². The summed E-state index contributed by atoms with van der Waals surface area (Å²) < 4.78 is 58.9. The number of halogens is 2. The summed E-state index contributed by atoms with van der Waals surface area (Å²) in [6.07, 6.45) is 0.0739. The normalized spacial score (nSPS) is 11.3. The molecule has 0 spiro atoms. The molecule has 168 valence electrons. The number of sulfonamides is 1. The van der Waals surface area contributed by atoms with Crippen LogP contribution in [0.25, 0.3) is 0 Å². The van der Waals surface area contributed by atoms with Crippen LogP contribution >= 0.6 is 0 Å². The van der Waals surface area contributed by atoms with E-state index in [9.17, 15) is 22.0 Å². The first-order valence-corrected chi connectivity index (χ1v) is 11.2. The molecular formula is C23H22F2N2O4S. The first kappa shape index (κ1) is 23.2. The maximum absolute atomic E-state index is 13.3. The van der Waals surface area contributed by atoms with Gasteiger partial charge >= 0.3 is 0 Å². The second kappa shape index (κ2) is 9.78. The zero-order chi connectivity index (χ0) is 23.3. The molecule has 0 unspecified atom stereocenters. The van der Waals surface area contributed by atoms with E-state index in [1.165, 1.54) is 24.3 Å². The highest BCUT2D eigenvalue weighted by Gasteiger charge is 2.17. The first-order chi connectivity index (χ1) is 15.1. The van der Waals surface area contributed by atoms with Crippen LogP contribution in [-0.4, -0.2) is 20.4 Å². The number of carbonyl (C=O) groups excluding carboxylic acids is 1. The fourth-order valence-electron chi connectivity index (χ4n) is 2.79. The predicted molar refractivity (Wildman–Crippen MR) is 117 cm³/mol. The van der Waals surface area contributed by atoms with Crippen LogP contribution in [0.2, 0.25) is 0 Å². The van der Waals surface area contributed by atoms with Crippen molar-refractivity contribution < 1.29 is 26.7 Å². The molecule has 0 bridgehead atoms. The number of ether oxygens (including phenoxy) is 1. The summed E-state index contributed by atoms with van der Waals surface area (Å²) >= 11 is 0. The zero-order valence-electron chi connectivity index (χ0n) is 17.4. The summed E-state index contributed by atoms with van der Waals surface area (Å²) in [4.78, 5) is 12.0. The average Bonchev–Trinajstić information content (AvgIpc) is 2.74. The molecule has 0 atom stereocenters. The van der Waals surface area contributed by atoms with Crippen molar-refractivity contribution in [1.29, 1.82) is 0 Å². The lowest BCUT2D eigenvalue weighted by molar-refractivity contribution is 0.0951. The Balaban J connectivity index is 1.59. The molecule has 3 aromatic rings. The molecule has 3 aromatic carbocycles. The highest BCUT2D eigenvalue weighted by Crippen LogP contribution is 2.19. The van der Waals surface area contributed by atoms with Crippen LogP contribution in [0, 0.1) is 11.6 Å². The molecule has 0 aliphatic rings. The van der Waals surface area contributed by atoms with Crippen LogP contribution in [0.1, 0.15) is 29.8 Å². The van der Waals surface area contributed by atoms with Crippen LogP contribution in [-0.2, 0) is 16.6 Å². The van der Waals surface area contributed by atoms with Crippen molar-refractivity contribution in [2.45, 2.75) is 31.4 Å². The molecular weight excluding hydrogens is 438 g/mol. The van der Waals surface area contributed by atoms with E-state index in [-0.39, 0.29) is 17.7 Å². The van der Waals surface area contributed by atoms with E-state index in [1.54, 1.807) is 0 Å². The van der Waals surface area contributed by atoms with Crippen molar-refractivity contribution in [1.82, 2.24) is 5.32 Å². The van der Waals surface area contributed by atoms with Crippen molar-refractivity contribution in [3.05, 3.63) is 89.5 Å². The summed E-state index contributed by atoms with van der Waals surface area (Å²) in [6.45, 7) is 4.19. The molecule has 3 rings (SSSR count). The summed E-state index contributed by atoms with van der Waals surface area (Å²) in [6, 6.07) is 15.4. The van der Waals surface area contributed by atoms with Gasteiger partial charge in [-0.1, -0.05) is 12.1 Å². The second-order valence-corrected chi connectivity index (χ2v) is 8.93. The van der Waals surface area contributed by atoms with Crippen molar-refractivity contribution in [2.75, 3.05) is 4.72 Å². The van der Waals surface area contributed by atoms with Gasteiger partial charge in [0.15, 0.2) is 11.6 Å². The topological polar surface area (TPSA) is 84.5 Å². The summed E-state index contributed by atoms with van der Waals surface area (Å²) in [7, 11) is -4.11. The molecule has 0 aliphatic heterocycles. The first-order valence-electron chi connectivity index (χ1n) is 9.76. The largest absolute Gasteiger partial charge is 0.491 e. The smallest absolute Gasteiger partial charge is 0.261 e. The molecule has 6 nitrogen and oxygen atoms in total. The van der Waals surface area contributed by atoms with E-state index in [2.05, 4.69) is 10.0 Å². The summed E-state index contributed by atoms with van der Waals surface area (Å²) in [5.41, 5.74) is 1.40. The number of anilines is 1. The maximum Gasteiger partial charge on any atom is 0.261 e. The molecule has 0 aliphatic carbocycles. The monoisotopic (exact) mass is 460 g/mol. The number of amides is 1. The molecule has 0 fully saturated rings. The molecule has 0 saturated heterocycles. The van der Waals surface area contributed by atoms with Gasteiger partial charge in [0.25, 0.3) is 15.9 Å². The number of benzene rings is 3. The van der Waals surface area contributed by atoms with E-state index in [4.69, 9.17) is 4.74 Å². The number of carbonyl (C=O) groups is 1. The van der Waals surface area contributed by atoms with Crippen molar-refractivity contribution in [2.24, 2.45) is 0 Å². The van der Waals surface area contributed by atoms with Crippen LogP contribution in [0.3, 0.4) is 0 Å². The van der Waals surface area contributed by atoms with Gasteiger partial charge in [-0.2, -0.15) is 0 Å². The Morgan fingerprint density at radius 1 is 0.938 bits per heavy atom. The van der Waals surface area contributed by atoms with E-state index >= 15 is 0 Å². The van der Waals surface area contributed by atoms with Gasteiger partial charge in [-0.3, -0.25) is 9.52 Å². The van der Waals surface area contributed by atoms with Gasteiger partial charge in [0.05, 0.1) is 11.0 Å². The Labute approximate surface area is 185 Å². The van der Waals surface area contributed by atoms with Crippen molar-refractivity contribution in [3.8, 4) is 5.75 Å². The van der Waals surface area contributed by atoms with E-state index in [0.717, 1.165) is 23.4 Å². The van der Waals surface area contributed by atoms with Crippen LogP contribution in [0.4, 0.5) is 14.5 Å². The van der Waals surface area contributed by atoms with E-state index in [0.29, 0.717) is 18.2 Å². The van der Waals surface area contributed by atoms with Gasteiger partial charge in [0.1, 0.15) is 5.75 Å². The van der Waals surface area contributed by atoms with Gasteiger partial charge in [0, 0.05) is 17.8 Å². The van der Waals surface area contributed by atoms with Gasteiger partial charge in [-0.25, -0.2) is 17.2 Å². The molecule has 0 saturated carbocycles. The third kappa shape index (κ3) is 6.04. The minimum atomic E-state index is -4.11. The lowest BCUT2D eigenvalue weighted by Crippen LogP contribution is -2.22. The standard InChI is InChI=1S/C23H22F2N2O4S/c1-15(2)31-19-9-3-16(4-10-19)14-26-23(28)17-5-7-18(8-6-17)27-32(29,30)20-11-12-21(24)22(25)13-20/h3-13,15,27H,14H2,1-2H3,(H,26,28). The Hall–Kier alpha value is -3.46. The summed E-state index contributed by atoms with van der Waals surface area (Å²) in [5, 5.41) is 2.78. The van der Waals surface area contributed by atoms with Crippen LogP contribution in [0.15, 0.2) is 71.6 Å². The maximum atomic E-state index is 13.3. The quantitative estimate of drug-likeness (QED) is 0.519. The van der Waals surface area contributed by atoms with Gasteiger partial charge in [0.2, 0.25) is 0 Å². The molecule has 1 amide bonds. The van der Waals surface area contributed by atoms with Gasteiger partial charge < -0.3 is 10.1 Å². The van der Waals surface area contributed by atoms with Gasteiger partial charge in [-0.05, 0) is 74.0 Å². The number of hydrogen-bond donors (Lipinski definition) is 2. The molecule has 2 N–H and O–H groups in total. The third-order valence-corrected chi connectivity index (χ3v) is 5.73. The molecule has 0 heterocycles. The highest BCUT2D eigenvalue weighted by molar-refractivity contribution is 7.92. The Bertz CT molecular complexity index is 1200. The molecule has 0 aromatic heterocycles. The molecule has 32 heavy (non-hydrogen) atoms. The average molecular weight is 461 g/mol. The lowest BCUT2D eigenvalue weighted by Gasteiger charge is -2.11. The second-order valence-electron chi connectivity index (χ2n) is 7.25. The Kier molecular flexibility index (Phi) is 7.09. The van der Waals surface area contributed by atoms with Crippen molar-refractivity contribution in [3.63, 3.8) is 0 Å². The lowest BCUT2D eigenvalue weighted by atomic mass is 10.1.